The molecule has 0 saturated heterocycles. The summed E-state index contributed by atoms with van der Waals surface area (Å²) in [5, 5.41) is 51.2. The van der Waals surface area contributed by atoms with Crippen LogP contribution < -0.4 is 43.0 Å². The predicted molar refractivity (Wildman–Crippen MR) is 130 cm³/mol. The molecular formula is C20H34N8O12. The number of rotatable bonds is 18. The molecule has 0 aliphatic carbocycles. The van der Waals surface area contributed by atoms with E-state index in [2.05, 4.69) is 31.9 Å². The van der Waals surface area contributed by atoms with Crippen LogP contribution in [0.15, 0.2) is 0 Å². The zero-order valence-corrected chi connectivity index (χ0v) is 21.4. The highest BCUT2D eigenvalue weighted by molar-refractivity contribution is 5.94. The first-order valence-electron chi connectivity index (χ1n) is 11.5. The minimum Gasteiger partial charge on any atom is -0.480 e. The first-order valence-corrected chi connectivity index (χ1v) is 11.5. The van der Waals surface area contributed by atoms with Crippen molar-refractivity contribution in [1.29, 1.82) is 0 Å². The number of aliphatic hydroxyl groups is 3. The van der Waals surface area contributed by atoms with Crippen molar-refractivity contribution in [2.75, 3.05) is 45.9 Å². The second kappa shape index (κ2) is 18.8. The Morgan fingerprint density at radius 2 is 1.05 bits per heavy atom. The number of nitrogens with one attached hydrogen (secondary N) is 7. The number of aliphatic carboxylic acids is 1. The average Bonchev–Trinajstić information content (AvgIpc) is 2.91. The van der Waals surface area contributed by atoms with E-state index in [-0.39, 0.29) is 0 Å². The van der Waals surface area contributed by atoms with Crippen LogP contribution >= 0.6 is 0 Å². The molecule has 40 heavy (non-hydrogen) atoms. The normalized spacial score (nSPS) is 13.3. The Morgan fingerprint density at radius 1 is 0.625 bits per heavy atom. The number of hydrogen-bond acceptors (Lipinski definition) is 12. The summed E-state index contributed by atoms with van der Waals surface area (Å²) in [5.41, 5.74) is 5.13. The van der Waals surface area contributed by atoms with Gasteiger partial charge in [0.15, 0.2) is 0 Å². The van der Waals surface area contributed by atoms with Gasteiger partial charge in [0, 0.05) is 0 Å². The summed E-state index contributed by atoms with van der Waals surface area (Å²) < 4.78 is 0. The Hall–Kier alpha value is -4.40. The zero-order valence-electron chi connectivity index (χ0n) is 21.4. The highest BCUT2D eigenvalue weighted by Gasteiger charge is 2.26. The van der Waals surface area contributed by atoms with Crippen LogP contribution in [0, 0.1) is 0 Å². The van der Waals surface area contributed by atoms with Crippen LogP contribution in [0.5, 0.6) is 0 Å². The minimum atomic E-state index is -1.56. The molecule has 0 saturated carbocycles. The van der Waals surface area contributed by atoms with E-state index in [9.17, 15) is 48.6 Å². The molecule has 226 valence electrons. The van der Waals surface area contributed by atoms with Crippen molar-refractivity contribution < 1.29 is 58.8 Å². The van der Waals surface area contributed by atoms with E-state index >= 15 is 0 Å². The summed E-state index contributed by atoms with van der Waals surface area (Å²) in [6, 6.07) is -4.50. The van der Waals surface area contributed by atoms with Crippen LogP contribution in [0.4, 0.5) is 0 Å². The predicted octanol–water partition coefficient (Wildman–Crippen LogP) is -8.69. The van der Waals surface area contributed by atoms with Crippen LogP contribution in [-0.4, -0.2) is 138 Å². The summed E-state index contributed by atoms with van der Waals surface area (Å²) in [7, 11) is 0. The van der Waals surface area contributed by atoms with Gasteiger partial charge in [0.2, 0.25) is 41.4 Å². The van der Waals surface area contributed by atoms with Crippen LogP contribution in [0.25, 0.3) is 0 Å². The Kier molecular flexibility index (Phi) is 16.7. The molecule has 0 aromatic carbocycles. The number of aliphatic hydroxyl groups excluding tert-OH is 3. The van der Waals surface area contributed by atoms with Gasteiger partial charge < -0.3 is 63.4 Å². The van der Waals surface area contributed by atoms with Crippen LogP contribution in [0.3, 0.4) is 0 Å². The lowest BCUT2D eigenvalue weighted by Gasteiger charge is -2.21. The second-order valence-corrected chi connectivity index (χ2v) is 7.92. The SMILES string of the molecule is C[C@@H](O)[C@H](NC(=O)CN)C(=O)NCC(=O)N[C@@H](CO)C(=O)NCC(=O)NCC(=O)NCC(=O)N[C@@H](CO)C(=O)O. The van der Waals surface area contributed by atoms with E-state index < -0.39 is 117 Å². The number of hydrogen-bond donors (Lipinski definition) is 12. The largest absolute Gasteiger partial charge is 0.480 e. The summed E-state index contributed by atoms with van der Waals surface area (Å²) in [5.74, 6) is -7.68. The summed E-state index contributed by atoms with van der Waals surface area (Å²) in [6.45, 7) is -3.63. The summed E-state index contributed by atoms with van der Waals surface area (Å²) in [6.07, 6.45) is -1.32. The highest BCUT2D eigenvalue weighted by atomic mass is 16.4. The molecule has 0 aromatic heterocycles. The van der Waals surface area contributed by atoms with E-state index in [1.165, 1.54) is 6.92 Å². The van der Waals surface area contributed by atoms with E-state index in [0.29, 0.717) is 0 Å². The van der Waals surface area contributed by atoms with Crippen molar-refractivity contribution in [3.05, 3.63) is 0 Å². The van der Waals surface area contributed by atoms with Gasteiger partial charge in [0.25, 0.3) is 0 Å². The number of amides is 7. The van der Waals surface area contributed by atoms with E-state index in [4.69, 9.17) is 15.9 Å². The molecule has 0 spiro atoms. The maximum absolute atomic E-state index is 12.2. The molecule has 13 N–H and O–H groups in total. The van der Waals surface area contributed by atoms with Gasteiger partial charge in [-0.05, 0) is 6.92 Å². The van der Waals surface area contributed by atoms with Gasteiger partial charge in [-0.25, -0.2) is 4.79 Å². The molecule has 20 nitrogen and oxygen atoms in total. The van der Waals surface area contributed by atoms with Crippen molar-refractivity contribution in [3.63, 3.8) is 0 Å². The number of nitrogens with two attached hydrogens (primary N) is 1. The quantitative estimate of drug-likeness (QED) is 0.0719. The monoisotopic (exact) mass is 578 g/mol. The molecule has 0 aliphatic heterocycles. The van der Waals surface area contributed by atoms with E-state index in [0.717, 1.165) is 0 Å². The van der Waals surface area contributed by atoms with Crippen molar-refractivity contribution in [2.45, 2.75) is 31.2 Å². The lowest BCUT2D eigenvalue weighted by molar-refractivity contribution is -0.142. The highest BCUT2D eigenvalue weighted by Crippen LogP contribution is 1.93. The van der Waals surface area contributed by atoms with Crippen molar-refractivity contribution in [2.24, 2.45) is 5.73 Å². The van der Waals surface area contributed by atoms with Gasteiger partial charge in [0.1, 0.15) is 18.1 Å². The van der Waals surface area contributed by atoms with Crippen LogP contribution in [-0.2, 0) is 38.4 Å². The standard InChI is InChI=1S/C20H34N8O12/c1-9(31)17(28-12(32)2-21)19(38)25-6-16(36)26-10(7-29)18(37)24-4-14(34)22-3-13(33)23-5-15(35)27-11(8-30)20(39)40/h9-11,17,29-31H,2-8,21H2,1H3,(H,22,34)(H,23,33)(H,24,37)(H,25,38)(H,26,36)(H,27,35)(H,28,32)(H,39,40)/t9-,10+,11+,17+/m1/s1. The Morgan fingerprint density at radius 3 is 1.50 bits per heavy atom. The minimum absolute atomic E-state index is 0.448. The van der Waals surface area contributed by atoms with Gasteiger partial charge in [-0.3, -0.25) is 33.6 Å². The molecule has 7 amide bonds. The summed E-state index contributed by atoms with van der Waals surface area (Å²) in [4.78, 5) is 93.5. The fourth-order valence-electron chi connectivity index (χ4n) is 2.56. The molecule has 4 atom stereocenters. The van der Waals surface area contributed by atoms with Gasteiger partial charge in [0.05, 0.1) is 52.0 Å². The van der Waals surface area contributed by atoms with Crippen molar-refractivity contribution >= 4 is 47.3 Å². The van der Waals surface area contributed by atoms with E-state index in [1.54, 1.807) is 0 Å². The average molecular weight is 579 g/mol. The molecule has 0 unspecified atom stereocenters. The maximum atomic E-state index is 12.2. The molecular weight excluding hydrogens is 544 g/mol. The molecule has 0 heterocycles. The van der Waals surface area contributed by atoms with Gasteiger partial charge >= 0.3 is 5.97 Å². The first-order chi connectivity index (χ1) is 18.7. The van der Waals surface area contributed by atoms with Crippen molar-refractivity contribution in [3.8, 4) is 0 Å². The third kappa shape index (κ3) is 14.5. The van der Waals surface area contributed by atoms with Crippen LogP contribution in [0.1, 0.15) is 6.92 Å². The molecule has 0 radical (unpaired) electrons. The number of carbonyl (C=O) groups excluding carboxylic acids is 7. The topological polar surface area (TPSA) is 328 Å². The fraction of sp³-hybridized carbons (Fsp3) is 0.600. The Balaban J connectivity index is 4.49. The third-order valence-corrected chi connectivity index (χ3v) is 4.66. The zero-order chi connectivity index (χ0) is 30.8. The van der Waals surface area contributed by atoms with E-state index in [1.807, 2.05) is 5.32 Å². The molecule has 0 bridgehead atoms. The second-order valence-electron chi connectivity index (χ2n) is 7.92. The number of carboxylic acid groups (broad SMARTS) is 1. The smallest absolute Gasteiger partial charge is 0.328 e. The molecule has 0 rings (SSSR count). The fourth-order valence-corrected chi connectivity index (χ4v) is 2.56. The van der Waals surface area contributed by atoms with Gasteiger partial charge in [-0.15, -0.1) is 0 Å². The van der Waals surface area contributed by atoms with Crippen molar-refractivity contribution in [1.82, 2.24) is 37.2 Å². The first kappa shape index (κ1) is 35.6. The lowest BCUT2D eigenvalue weighted by Crippen LogP contribution is -2.56. The van der Waals surface area contributed by atoms with Crippen LogP contribution in [0.2, 0.25) is 0 Å². The molecule has 20 heteroatoms. The lowest BCUT2D eigenvalue weighted by atomic mass is 10.1. The molecule has 0 aromatic rings. The van der Waals surface area contributed by atoms with Gasteiger partial charge in [-0.2, -0.15) is 0 Å². The molecule has 0 aliphatic rings. The number of carboxylic acids is 1. The summed E-state index contributed by atoms with van der Waals surface area (Å²) >= 11 is 0. The third-order valence-electron chi connectivity index (χ3n) is 4.66. The maximum Gasteiger partial charge on any atom is 0.328 e. The van der Waals surface area contributed by atoms with Gasteiger partial charge in [-0.1, -0.05) is 0 Å². The number of carbonyl (C=O) groups is 8. The Labute approximate surface area is 226 Å². The Bertz CT molecular complexity index is 944. The molecule has 0 fully saturated rings.